The lowest BCUT2D eigenvalue weighted by Crippen LogP contribution is -2.11. The number of nitrogens with zero attached hydrogens (tertiary/aromatic N) is 1. The van der Waals surface area contributed by atoms with E-state index in [0.717, 1.165) is 17.5 Å². The van der Waals surface area contributed by atoms with Crippen LogP contribution in [0.15, 0.2) is 42.7 Å². The van der Waals surface area contributed by atoms with Crippen molar-refractivity contribution in [1.82, 2.24) is 4.98 Å². The molecule has 0 radical (unpaired) electrons. The third-order valence-corrected chi connectivity index (χ3v) is 3.63. The van der Waals surface area contributed by atoms with E-state index in [9.17, 15) is 4.39 Å². The number of pyridine rings is 1. The van der Waals surface area contributed by atoms with E-state index >= 15 is 0 Å². The number of halogens is 1. The number of benzene rings is 1. The lowest BCUT2D eigenvalue weighted by molar-refractivity contribution is 0.600. The highest BCUT2D eigenvalue weighted by Gasteiger charge is 2.33. The molecule has 0 saturated carbocycles. The van der Waals surface area contributed by atoms with E-state index < -0.39 is 0 Å². The first-order valence-corrected chi connectivity index (χ1v) is 6.26. The van der Waals surface area contributed by atoms with Gasteiger partial charge < -0.3 is 5.32 Å². The molecule has 1 N–H and O–H groups in total. The van der Waals surface area contributed by atoms with Crippen LogP contribution in [0.4, 0.5) is 10.1 Å². The van der Waals surface area contributed by atoms with E-state index in [4.69, 9.17) is 0 Å². The Bertz CT molecular complexity index is 554. The molecule has 3 heteroatoms. The largest absolute Gasteiger partial charge is 0.375 e. The first-order valence-electron chi connectivity index (χ1n) is 6.26. The molecule has 3 rings (SSSR count). The maximum atomic E-state index is 13.8. The van der Waals surface area contributed by atoms with Crippen LogP contribution in [0.5, 0.6) is 0 Å². The van der Waals surface area contributed by atoms with E-state index in [2.05, 4.69) is 17.2 Å². The third-order valence-electron chi connectivity index (χ3n) is 3.63. The molecule has 0 spiro atoms. The Hall–Kier alpha value is -1.90. The van der Waals surface area contributed by atoms with Gasteiger partial charge in [-0.2, -0.15) is 0 Å². The second kappa shape index (κ2) is 4.41. The van der Waals surface area contributed by atoms with Crippen LogP contribution >= 0.6 is 0 Å². The van der Waals surface area contributed by atoms with Crippen molar-refractivity contribution < 1.29 is 4.39 Å². The number of anilines is 1. The molecular weight excluding hydrogens is 227 g/mol. The van der Waals surface area contributed by atoms with Gasteiger partial charge in [0.05, 0.1) is 11.7 Å². The minimum absolute atomic E-state index is 0.121. The number of aromatic nitrogens is 1. The summed E-state index contributed by atoms with van der Waals surface area (Å²) in [6.45, 7) is 2.13. The van der Waals surface area contributed by atoms with Gasteiger partial charge in [-0.15, -0.1) is 0 Å². The van der Waals surface area contributed by atoms with Gasteiger partial charge in [0.1, 0.15) is 5.82 Å². The van der Waals surface area contributed by atoms with E-state index in [-0.39, 0.29) is 11.9 Å². The van der Waals surface area contributed by atoms with Gasteiger partial charge in [-0.3, -0.25) is 4.98 Å². The van der Waals surface area contributed by atoms with E-state index in [1.54, 1.807) is 12.3 Å². The Morgan fingerprint density at radius 3 is 2.89 bits per heavy atom. The van der Waals surface area contributed by atoms with Crippen molar-refractivity contribution in [2.24, 2.45) is 0 Å². The average molecular weight is 242 g/mol. The Kier molecular flexibility index (Phi) is 2.74. The zero-order chi connectivity index (χ0) is 12.5. The molecule has 0 fully saturated rings. The minimum Gasteiger partial charge on any atom is -0.375 e. The van der Waals surface area contributed by atoms with Crippen LogP contribution in [0, 0.1) is 5.82 Å². The third kappa shape index (κ3) is 1.67. The number of hydrogen-bond acceptors (Lipinski definition) is 2. The van der Waals surface area contributed by atoms with E-state index in [1.165, 1.54) is 6.07 Å². The maximum absolute atomic E-state index is 13.8. The first kappa shape index (κ1) is 11.2. The zero-order valence-corrected chi connectivity index (χ0v) is 10.2. The number of rotatable bonds is 2. The molecule has 1 aromatic heterocycles. The summed E-state index contributed by atoms with van der Waals surface area (Å²) in [6, 6.07) is 9.38. The first-order chi connectivity index (χ1) is 8.81. The standard InChI is InChI=1S/C15H15FN2/c1-2-11-12-6-3-7-13(16)15(12)18-14(11)10-5-4-8-17-9-10/h3-9,11,14,18H,2H2,1H3. The lowest BCUT2D eigenvalue weighted by atomic mass is 9.89. The lowest BCUT2D eigenvalue weighted by Gasteiger charge is -2.18. The molecule has 92 valence electrons. The molecule has 2 nitrogen and oxygen atoms in total. The summed E-state index contributed by atoms with van der Waals surface area (Å²) in [6.07, 6.45) is 4.58. The normalized spacial score (nSPS) is 21.4. The fourth-order valence-electron chi connectivity index (χ4n) is 2.77. The maximum Gasteiger partial charge on any atom is 0.146 e. The molecule has 2 heterocycles. The van der Waals surface area contributed by atoms with Crippen LogP contribution in [-0.2, 0) is 0 Å². The topological polar surface area (TPSA) is 24.9 Å². The van der Waals surface area contributed by atoms with E-state index in [1.807, 2.05) is 24.4 Å². The molecule has 0 aliphatic carbocycles. The second-order valence-corrected chi connectivity index (χ2v) is 4.63. The smallest absolute Gasteiger partial charge is 0.146 e. The zero-order valence-electron chi connectivity index (χ0n) is 10.2. The Labute approximate surface area is 106 Å². The van der Waals surface area contributed by atoms with Crippen LogP contribution in [0.25, 0.3) is 0 Å². The summed E-state index contributed by atoms with van der Waals surface area (Å²) in [4.78, 5) is 4.15. The van der Waals surface area contributed by atoms with Crippen molar-refractivity contribution in [3.05, 3.63) is 59.7 Å². The van der Waals surface area contributed by atoms with Crippen LogP contribution in [-0.4, -0.2) is 4.98 Å². The molecule has 0 bridgehead atoms. The molecule has 1 aliphatic rings. The van der Waals surface area contributed by atoms with Gasteiger partial charge in [-0.25, -0.2) is 4.39 Å². The molecule has 0 amide bonds. The Morgan fingerprint density at radius 2 is 2.17 bits per heavy atom. The summed E-state index contributed by atoms with van der Waals surface area (Å²) < 4.78 is 13.8. The fourth-order valence-corrected chi connectivity index (χ4v) is 2.77. The van der Waals surface area contributed by atoms with E-state index in [0.29, 0.717) is 11.6 Å². The summed E-state index contributed by atoms with van der Waals surface area (Å²) >= 11 is 0. The number of nitrogens with one attached hydrogen (secondary N) is 1. The van der Waals surface area contributed by atoms with Gasteiger partial charge in [0, 0.05) is 18.3 Å². The summed E-state index contributed by atoms with van der Waals surface area (Å²) in [5.74, 6) is 0.136. The monoisotopic (exact) mass is 242 g/mol. The highest BCUT2D eigenvalue weighted by Crippen LogP contribution is 2.46. The molecule has 0 saturated heterocycles. The highest BCUT2D eigenvalue weighted by molar-refractivity contribution is 5.61. The summed E-state index contributed by atoms with van der Waals surface area (Å²) in [7, 11) is 0. The van der Waals surface area contributed by atoms with Gasteiger partial charge in [-0.05, 0) is 29.7 Å². The van der Waals surface area contributed by atoms with Crippen LogP contribution in [0.2, 0.25) is 0 Å². The number of fused-ring (bicyclic) bond motifs is 1. The van der Waals surface area contributed by atoms with Crippen molar-refractivity contribution in [2.45, 2.75) is 25.3 Å². The van der Waals surface area contributed by atoms with Crippen molar-refractivity contribution in [3.8, 4) is 0 Å². The summed E-state index contributed by atoms with van der Waals surface area (Å²) in [5.41, 5.74) is 2.84. The molecule has 1 aliphatic heterocycles. The predicted octanol–water partition coefficient (Wildman–Crippen LogP) is 3.88. The number of hydrogen-bond donors (Lipinski definition) is 1. The van der Waals surface area contributed by atoms with Gasteiger partial charge in [0.15, 0.2) is 0 Å². The van der Waals surface area contributed by atoms with Crippen molar-refractivity contribution >= 4 is 5.69 Å². The van der Waals surface area contributed by atoms with Crippen LogP contribution < -0.4 is 5.32 Å². The van der Waals surface area contributed by atoms with Gasteiger partial charge in [0.2, 0.25) is 0 Å². The van der Waals surface area contributed by atoms with Gasteiger partial charge in [-0.1, -0.05) is 25.1 Å². The molecule has 2 unspecified atom stereocenters. The molecule has 1 aromatic carbocycles. The average Bonchev–Trinajstić information content (AvgIpc) is 2.80. The second-order valence-electron chi connectivity index (χ2n) is 4.63. The van der Waals surface area contributed by atoms with Crippen molar-refractivity contribution in [3.63, 3.8) is 0 Å². The van der Waals surface area contributed by atoms with Crippen molar-refractivity contribution in [1.29, 1.82) is 0 Å². The summed E-state index contributed by atoms with van der Waals surface area (Å²) in [5, 5.41) is 3.31. The van der Waals surface area contributed by atoms with Gasteiger partial charge in [0.25, 0.3) is 0 Å². The number of para-hydroxylation sites is 1. The Balaban J connectivity index is 2.04. The SMILES string of the molecule is CCC1c2cccc(F)c2NC1c1cccnc1. The molecule has 18 heavy (non-hydrogen) atoms. The van der Waals surface area contributed by atoms with Gasteiger partial charge >= 0.3 is 0 Å². The predicted molar refractivity (Wildman–Crippen MR) is 70.0 cm³/mol. The molecule has 2 atom stereocenters. The van der Waals surface area contributed by atoms with Crippen molar-refractivity contribution in [2.75, 3.05) is 5.32 Å². The van der Waals surface area contributed by atoms with Crippen LogP contribution in [0.3, 0.4) is 0 Å². The fraction of sp³-hybridized carbons (Fsp3) is 0.267. The molecule has 2 aromatic rings. The highest BCUT2D eigenvalue weighted by atomic mass is 19.1. The van der Waals surface area contributed by atoms with Crippen LogP contribution in [0.1, 0.15) is 36.4 Å². The Morgan fingerprint density at radius 1 is 1.28 bits per heavy atom. The minimum atomic E-state index is -0.169. The molecular formula is C15H15FN2. The quantitative estimate of drug-likeness (QED) is 0.864.